The molecule has 4 rings (SSSR count). The quantitative estimate of drug-likeness (QED) is 0.794. The highest BCUT2D eigenvalue weighted by molar-refractivity contribution is 5.92. The van der Waals surface area contributed by atoms with Crippen molar-refractivity contribution in [3.05, 3.63) is 18.5 Å². The van der Waals surface area contributed by atoms with Crippen LogP contribution in [-0.4, -0.2) is 73.9 Å². The highest BCUT2D eigenvalue weighted by Gasteiger charge is 2.32. The van der Waals surface area contributed by atoms with Crippen molar-refractivity contribution >= 4 is 22.6 Å². The molecule has 8 nitrogen and oxygen atoms in total. The van der Waals surface area contributed by atoms with Crippen LogP contribution in [0.3, 0.4) is 0 Å². The second-order valence-corrected chi connectivity index (χ2v) is 7.11. The number of piperidine rings is 1. The van der Waals surface area contributed by atoms with E-state index < -0.39 is 6.10 Å². The fourth-order valence-electron chi connectivity index (χ4n) is 3.93. The maximum absolute atomic E-state index is 12.9. The van der Waals surface area contributed by atoms with Gasteiger partial charge in [-0.3, -0.25) is 4.79 Å². The number of likely N-dealkylation sites (tertiary alicyclic amines) is 1. The van der Waals surface area contributed by atoms with Crippen molar-refractivity contribution in [3.63, 3.8) is 0 Å². The number of rotatable bonds is 4. The zero-order chi connectivity index (χ0) is 19.5. The van der Waals surface area contributed by atoms with Gasteiger partial charge in [0.1, 0.15) is 12.1 Å². The summed E-state index contributed by atoms with van der Waals surface area (Å²) in [6.45, 7) is 3.29. The standard InChI is InChI=1S/C20H26N4O4/c1-26-16-10-14-15(11-17(16)27-2)21-13-22-19(14)24-8-9-28-18(12-24)20(25)23-6-4-3-5-7-23/h10-11,13,18H,3-9,12H2,1-2H3. The molecule has 150 valence electrons. The second-order valence-electron chi connectivity index (χ2n) is 7.11. The average molecular weight is 386 g/mol. The van der Waals surface area contributed by atoms with E-state index in [2.05, 4.69) is 14.9 Å². The molecule has 0 aliphatic carbocycles. The molecular weight excluding hydrogens is 360 g/mol. The fraction of sp³-hybridized carbons (Fsp3) is 0.550. The van der Waals surface area contributed by atoms with Crippen LogP contribution < -0.4 is 14.4 Å². The van der Waals surface area contributed by atoms with Crippen LogP contribution in [0.5, 0.6) is 11.5 Å². The normalized spacial score (nSPS) is 20.3. The van der Waals surface area contributed by atoms with Gasteiger partial charge in [-0.15, -0.1) is 0 Å². The lowest BCUT2D eigenvalue weighted by molar-refractivity contribution is -0.145. The molecule has 1 aromatic heterocycles. The lowest BCUT2D eigenvalue weighted by Crippen LogP contribution is -2.52. The highest BCUT2D eigenvalue weighted by Crippen LogP contribution is 2.35. The predicted octanol–water partition coefficient (Wildman–Crippen LogP) is 1.86. The average Bonchev–Trinajstić information content (AvgIpc) is 2.77. The van der Waals surface area contributed by atoms with Crippen molar-refractivity contribution in [1.82, 2.24) is 14.9 Å². The maximum atomic E-state index is 12.9. The minimum atomic E-state index is -0.461. The Morgan fingerprint density at radius 3 is 2.57 bits per heavy atom. The number of benzene rings is 1. The molecule has 28 heavy (non-hydrogen) atoms. The summed E-state index contributed by atoms with van der Waals surface area (Å²) in [7, 11) is 3.21. The van der Waals surface area contributed by atoms with Crippen molar-refractivity contribution in [2.24, 2.45) is 0 Å². The first-order chi connectivity index (χ1) is 13.7. The van der Waals surface area contributed by atoms with E-state index in [9.17, 15) is 4.79 Å². The zero-order valence-electron chi connectivity index (χ0n) is 16.4. The first-order valence-electron chi connectivity index (χ1n) is 9.73. The molecule has 2 fully saturated rings. The number of nitrogens with zero attached hydrogens (tertiary/aromatic N) is 4. The Bertz CT molecular complexity index is 853. The van der Waals surface area contributed by atoms with E-state index in [4.69, 9.17) is 14.2 Å². The molecule has 2 aliphatic heterocycles. The fourth-order valence-corrected chi connectivity index (χ4v) is 3.93. The molecule has 1 atom stereocenters. The molecule has 1 unspecified atom stereocenters. The second kappa shape index (κ2) is 8.18. The largest absolute Gasteiger partial charge is 0.493 e. The van der Waals surface area contributed by atoms with Crippen molar-refractivity contribution < 1.29 is 19.0 Å². The predicted molar refractivity (Wildman–Crippen MR) is 105 cm³/mol. The van der Waals surface area contributed by atoms with E-state index >= 15 is 0 Å². The van der Waals surface area contributed by atoms with Gasteiger partial charge >= 0.3 is 0 Å². The topological polar surface area (TPSA) is 77.0 Å². The molecule has 0 spiro atoms. The number of amides is 1. The van der Waals surface area contributed by atoms with Gasteiger partial charge in [0.25, 0.3) is 5.91 Å². The van der Waals surface area contributed by atoms with E-state index in [1.807, 2.05) is 17.0 Å². The lowest BCUT2D eigenvalue weighted by Gasteiger charge is -2.37. The molecule has 1 aromatic carbocycles. The molecule has 3 heterocycles. The van der Waals surface area contributed by atoms with Gasteiger partial charge in [-0.05, 0) is 25.3 Å². The Kier molecular flexibility index (Phi) is 5.47. The van der Waals surface area contributed by atoms with Crippen LogP contribution >= 0.6 is 0 Å². The number of hydrogen-bond acceptors (Lipinski definition) is 7. The lowest BCUT2D eigenvalue weighted by atomic mass is 10.1. The summed E-state index contributed by atoms with van der Waals surface area (Å²) >= 11 is 0. The van der Waals surface area contributed by atoms with E-state index in [0.29, 0.717) is 31.2 Å². The third kappa shape index (κ3) is 3.56. The SMILES string of the molecule is COc1cc2ncnc(N3CCOC(C(=O)N4CCCCC4)C3)c2cc1OC. The third-order valence-corrected chi connectivity index (χ3v) is 5.43. The van der Waals surface area contributed by atoms with E-state index in [1.54, 1.807) is 20.5 Å². The molecule has 0 saturated carbocycles. The van der Waals surface area contributed by atoms with Gasteiger partial charge in [0.05, 0.1) is 32.9 Å². The zero-order valence-corrected chi connectivity index (χ0v) is 16.4. The summed E-state index contributed by atoms with van der Waals surface area (Å²) in [5.74, 6) is 2.12. The molecule has 0 N–H and O–H groups in total. The number of hydrogen-bond donors (Lipinski definition) is 0. The minimum absolute atomic E-state index is 0.0852. The van der Waals surface area contributed by atoms with Gasteiger partial charge in [-0.1, -0.05) is 0 Å². The van der Waals surface area contributed by atoms with Gasteiger partial charge in [-0.25, -0.2) is 9.97 Å². The van der Waals surface area contributed by atoms with Crippen LogP contribution in [0.4, 0.5) is 5.82 Å². The smallest absolute Gasteiger partial charge is 0.253 e. The first-order valence-corrected chi connectivity index (χ1v) is 9.73. The molecule has 2 aliphatic rings. The van der Waals surface area contributed by atoms with Crippen LogP contribution in [0.1, 0.15) is 19.3 Å². The Labute approximate surface area is 164 Å². The summed E-state index contributed by atoms with van der Waals surface area (Å²) in [5.41, 5.74) is 0.771. The molecule has 8 heteroatoms. The number of carbonyl (C=O) groups excluding carboxylic acids is 1. The Morgan fingerprint density at radius 2 is 1.82 bits per heavy atom. The number of aromatic nitrogens is 2. The highest BCUT2D eigenvalue weighted by atomic mass is 16.5. The molecule has 2 saturated heterocycles. The number of morpholine rings is 1. The Morgan fingerprint density at radius 1 is 1.07 bits per heavy atom. The Balaban J connectivity index is 1.61. The van der Waals surface area contributed by atoms with Gasteiger partial charge in [0.2, 0.25) is 0 Å². The molecular formula is C20H26N4O4. The first kappa shape index (κ1) is 18.7. The van der Waals surface area contributed by atoms with E-state index in [-0.39, 0.29) is 5.91 Å². The monoisotopic (exact) mass is 386 g/mol. The van der Waals surface area contributed by atoms with Crippen molar-refractivity contribution in [1.29, 1.82) is 0 Å². The Hall–Kier alpha value is -2.61. The number of ether oxygens (including phenoxy) is 3. The number of anilines is 1. The number of fused-ring (bicyclic) bond motifs is 1. The minimum Gasteiger partial charge on any atom is -0.493 e. The number of carbonyl (C=O) groups is 1. The van der Waals surface area contributed by atoms with Crippen LogP contribution in [0, 0.1) is 0 Å². The molecule has 1 amide bonds. The number of methoxy groups -OCH3 is 2. The van der Waals surface area contributed by atoms with Gasteiger partial charge in [0, 0.05) is 31.1 Å². The maximum Gasteiger partial charge on any atom is 0.253 e. The van der Waals surface area contributed by atoms with E-state index in [1.165, 1.54) is 6.42 Å². The van der Waals surface area contributed by atoms with E-state index in [0.717, 1.165) is 42.7 Å². The van der Waals surface area contributed by atoms with Gasteiger partial charge < -0.3 is 24.0 Å². The van der Waals surface area contributed by atoms with Crippen LogP contribution in [0.25, 0.3) is 10.9 Å². The summed E-state index contributed by atoms with van der Waals surface area (Å²) in [4.78, 5) is 25.8. The summed E-state index contributed by atoms with van der Waals surface area (Å²) in [6.07, 6.45) is 4.41. The molecule has 0 bridgehead atoms. The van der Waals surface area contributed by atoms with Crippen LogP contribution in [0.15, 0.2) is 18.5 Å². The molecule has 0 radical (unpaired) electrons. The van der Waals surface area contributed by atoms with Crippen LogP contribution in [0.2, 0.25) is 0 Å². The summed E-state index contributed by atoms with van der Waals surface area (Å²) in [6, 6.07) is 3.73. The van der Waals surface area contributed by atoms with Crippen molar-refractivity contribution in [2.45, 2.75) is 25.4 Å². The van der Waals surface area contributed by atoms with Crippen molar-refractivity contribution in [2.75, 3.05) is 51.9 Å². The summed E-state index contributed by atoms with van der Waals surface area (Å²) < 4.78 is 16.6. The summed E-state index contributed by atoms with van der Waals surface area (Å²) in [5, 5.41) is 0.867. The van der Waals surface area contributed by atoms with Gasteiger partial charge in [-0.2, -0.15) is 0 Å². The van der Waals surface area contributed by atoms with Crippen LogP contribution in [-0.2, 0) is 9.53 Å². The third-order valence-electron chi connectivity index (χ3n) is 5.43. The van der Waals surface area contributed by atoms with Gasteiger partial charge in [0.15, 0.2) is 17.6 Å². The van der Waals surface area contributed by atoms with Crippen molar-refractivity contribution in [3.8, 4) is 11.5 Å². The molecule has 2 aromatic rings.